The third-order valence-electron chi connectivity index (χ3n) is 6.05. The molecule has 1 heterocycles. The van der Waals surface area contributed by atoms with Crippen LogP contribution in [-0.4, -0.2) is 17.0 Å². The van der Waals surface area contributed by atoms with Crippen LogP contribution in [0.2, 0.25) is 0 Å². The first-order valence-corrected chi connectivity index (χ1v) is 8.23. The number of amides is 1. The van der Waals surface area contributed by atoms with Crippen molar-refractivity contribution in [3.63, 3.8) is 0 Å². The molecule has 0 aliphatic heterocycles. The van der Waals surface area contributed by atoms with Crippen LogP contribution in [0, 0.1) is 23.2 Å². The van der Waals surface area contributed by atoms with Crippen LogP contribution in [0.1, 0.15) is 49.0 Å². The van der Waals surface area contributed by atoms with Crippen LogP contribution < -0.4 is 11.1 Å². The molecule has 114 valence electrons. The number of aromatic nitrogens is 1. The Balaban J connectivity index is 1.45. The van der Waals surface area contributed by atoms with E-state index >= 15 is 0 Å². The largest absolute Gasteiger partial charge is 0.397 e. The molecule has 4 saturated carbocycles. The molecule has 0 radical (unpaired) electrons. The quantitative estimate of drug-likeness (QED) is 0.897. The van der Waals surface area contributed by atoms with E-state index < -0.39 is 0 Å². The molecular weight excluding hydrogens is 262 g/mol. The zero-order chi connectivity index (χ0) is 14.6. The average Bonchev–Trinajstić information content (AvgIpc) is 2.74. The van der Waals surface area contributed by atoms with Gasteiger partial charge in [0.15, 0.2) is 0 Å². The summed E-state index contributed by atoms with van der Waals surface area (Å²) in [6, 6.07) is 1.76. The van der Waals surface area contributed by atoms with Gasteiger partial charge >= 0.3 is 0 Å². The maximum Gasteiger partial charge on any atom is 0.267 e. The number of nitrogens with one attached hydrogen (secondary N) is 1. The Morgan fingerprint density at radius 2 is 1.86 bits per heavy atom. The van der Waals surface area contributed by atoms with Gasteiger partial charge in [0.2, 0.25) is 0 Å². The third-order valence-corrected chi connectivity index (χ3v) is 6.05. The summed E-state index contributed by atoms with van der Waals surface area (Å²) in [6.45, 7) is 0.848. The summed E-state index contributed by atoms with van der Waals surface area (Å²) in [5, 5.41) is 3.19. The maximum atomic E-state index is 12.4. The Bertz CT molecular complexity index is 539. The molecule has 0 aromatic carbocycles. The summed E-state index contributed by atoms with van der Waals surface area (Å²) < 4.78 is 1.81. The highest BCUT2D eigenvalue weighted by Gasteiger charge is 2.50. The van der Waals surface area contributed by atoms with Crippen LogP contribution in [0.15, 0.2) is 12.3 Å². The van der Waals surface area contributed by atoms with Gasteiger partial charge in [-0.05, 0) is 67.8 Å². The van der Waals surface area contributed by atoms with Crippen LogP contribution in [0.3, 0.4) is 0 Å². The molecule has 0 spiro atoms. The van der Waals surface area contributed by atoms with Crippen molar-refractivity contribution < 1.29 is 4.79 Å². The summed E-state index contributed by atoms with van der Waals surface area (Å²) in [5.41, 5.74) is 7.46. The second-order valence-corrected chi connectivity index (χ2v) is 7.87. The van der Waals surface area contributed by atoms with Gasteiger partial charge in [0.05, 0.1) is 5.69 Å². The Morgan fingerprint density at radius 3 is 2.33 bits per heavy atom. The fourth-order valence-corrected chi connectivity index (χ4v) is 5.68. The highest BCUT2D eigenvalue weighted by atomic mass is 16.1. The van der Waals surface area contributed by atoms with Crippen molar-refractivity contribution in [1.29, 1.82) is 0 Å². The van der Waals surface area contributed by atoms with Crippen LogP contribution >= 0.6 is 0 Å². The van der Waals surface area contributed by atoms with E-state index in [2.05, 4.69) is 5.32 Å². The molecule has 3 N–H and O–H groups in total. The van der Waals surface area contributed by atoms with E-state index in [-0.39, 0.29) is 5.91 Å². The molecule has 4 aliphatic rings. The molecule has 1 amide bonds. The average molecular weight is 287 g/mol. The van der Waals surface area contributed by atoms with Gasteiger partial charge in [0, 0.05) is 19.8 Å². The summed E-state index contributed by atoms with van der Waals surface area (Å²) >= 11 is 0. The maximum absolute atomic E-state index is 12.4. The van der Waals surface area contributed by atoms with Crippen molar-refractivity contribution in [2.75, 3.05) is 12.3 Å². The topological polar surface area (TPSA) is 60.0 Å². The smallest absolute Gasteiger partial charge is 0.267 e. The fourth-order valence-electron chi connectivity index (χ4n) is 5.68. The fraction of sp³-hybridized carbons (Fsp3) is 0.706. The first kappa shape index (κ1) is 13.2. The van der Waals surface area contributed by atoms with E-state index in [1.54, 1.807) is 12.3 Å². The Morgan fingerprint density at radius 1 is 1.29 bits per heavy atom. The Hall–Kier alpha value is -1.45. The summed E-state index contributed by atoms with van der Waals surface area (Å²) in [7, 11) is 1.87. The number of hydrogen-bond acceptors (Lipinski definition) is 2. The predicted octanol–water partition coefficient (Wildman–Crippen LogP) is 2.55. The van der Waals surface area contributed by atoms with E-state index in [1.807, 2.05) is 11.6 Å². The lowest BCUT2D eigenvalue weighted by atomic mass is 9.49. The van der Waals surface area contributed by atoms with Crippen molar-refractivity contribution in [2.24, 2.45) is 30.2 Å². The van der Waals surface area contributed by atoms with E-state index in [0.29, 0.717) is 16.8 Å². The molecule has 1 aromatic rings. The number of nitrogens with zero attached hydrogens (tertiary/aromatic N) is 1. The van der Waals surface area contributed by atoms with Gasteiger partial charge in [-0.15, -0.1) is 0 Å². The number of carbonyl (C=O) groups excluding carboxylic acids is 1. The molecule has 0 saturated heterocycles. The number of anilines is 1. The van der Waals surface area contributed by atoms with E-state index in [4.69, 9.17) is 5.73 Å². The number of hydrogen-bond donors (Lipinski definition) is 2. The van der Waals surface area contributed by atoms with E-state index in [1.165, 1.54) is 38.5 Å². The van der Waals surface area contributed by atoms with Gasteiger partial charge in [-0.3, -0.25) is 4.79 Å². The van der Waals surface area contributed by atoms with Crippen LogP contribution in [0.25, 0.3) is 0 Å². The van der Waals surface area contributed by atoms with Crippen molar-refractivity contribution >= 4 is 11.6 Å². The number of nitrogens with two attached hydrogens (primary N) is 1. The number of aryl methyl sites for hydroxylation is 1. The first-order chi connectivity index (χ1) is 10.0. The second kappa shape index (κ2) is 4.52. The summed E-state index contributed by atoms with van der Waals surface area (Å²) in [5.74, 6) is 2.81. The van der Waals surface area contributed by atoms with Gasteiger partial charge < -0.3 is 15.6 Å². The SMILES string of the molecule is Cn1cc(N)cc1C(=O)NCC12CC3CC(CC(C3)C1)C2. The minimum atomic E-state index is 0.0185. The normalized spacial score (nSPS) is 36.9. The van der Waals surface area contributed by atoms with E-state index in [0.717, 1.165) is 24.3 Å². The van der Waals surface area contributed by atoms with Gasteiger partial charge in [-0.2, -0.15) is 0 Å². The standard InChI is InChI=1S/C17H25N3O/c1-20-9-14(18)5-15(20)16(21)19-10-17-6-11-2-12(7-17)4-13(3-11)8-17/h5,9,11-13H,2-4,6-8,10,18H2,1H3,(H,19,21). The molecular formula is C17H25N3O. The number of carbonyl (C=O) groups is 1. The molecule has 21 heavy (non-hydrogen) atoms. The van der Waals surface area contributed by atoms with Crippen LogP contribution in [0.4, 0.5) is 5.69 Å². The Kier molecular flexibility index (Phi) is 2.85. The Labute approximate surface area is 126 Å². The molecule has 4 fully saturated rings. The van der Waals surface area contributed by atoms with Crippen LogP contribution in [-0.2, 0) is 7.05 Å². The molecule has 0 atom stereocenters. The molecule has 4 aliphatic carbocycles. The van der Waals surface area contributed by atoms with E-state index in [9.17, 15) is 4.79 Å². The van der Waals surface area contributed by atoms with Gasteiger partial charge in [-0.1, -0.05) is 0 Å². The molecule has 4 nitrogen and oxygen atoms in total. The number of rotatable bonds is 3. The molecule has 5 rings (SSSR count). The van der Waals surface area contributed by atoms with Crippen molar-refractivity contribution in [3.8, 4) is 0 Å². The first-order valence-electron chi connectivity index (χ1n) is 8.23. The zero-order valence-electron chi connectivity index (χ0n) is 12.8. The molecule has 0 unspecified atom stereocenters. The van der Waals surface area contributed by atoms with Crippen LogP contribution in [0.5, 0.6) is 0 Å². The van der Waals surface area contributed by atoms with Crippen molar-refractivity contribution in [2.45, 2.75) is 38.5 Å². The third kappa shape index (κ3) is 2.25. The monoisotopic (exact) mass is 287 g/mol. The molecule has 4 heteroatoms. The highest BCUT2D eigenvalue weighted by Crippen LogP contribution is 2.59. The molecule has 4 bridgehead atoms. The predicted molar refractivity (Wildman–Crippen MR) is 82.8 cm³/mol. The zero-order valence-corrected chi connectivity index (χ0v) is 12.8. The molecule has 1 aromatic heterocycles. The van der Waals surface area contributed by atoms with Crippen molar-refractivity contribution in [3.05, 3.63) is 18.0 Å². The van der Waals surface area contributed by atoms with Gasteiger partial charge in [0.25, 0.3) is 5.91 Å². The minimum Gasteiger partial charge on any atom is -0.397 e. The lowest BCUT2D eigenvalue weighted by molar-refractivity contribution is -0.0503. The van der Waals surface area contributed by atoms with Crippen molar-refractivity contribution in [1.82, 2.24) is 9.88 Å². The summed E-state index contributed by atoms with van der Waals surface area (Å²) in [4.78, 5) is 12.4. The highest BCUT2D eigenvalue weighted by molar-refractivity contribution is 5.93. The number of nitrogen functional groups attached to an aromatic ring is 1. The minimum absolute atomic E-state index is 0.0185. The lowest BCUT2D eigenvalue weighted by Crippen LogP contribution is -2.51. The van der Waals surface area contributed by atoms with Gasteiger partial charge in [0.1, 0.15) is 5.69 Å². The van der Waals surface area contributed by atoms with Gasteiger partial charge in [-0.25, -0.2) is 0 Å². The second-order valence-electron chi connectivity index (χ2n) is 7.87. The summed E-state index contributed by atoms with van der Waals surface area (Å²) in [6.07, 6.45) is 10.1. The lowest BCUT2D eigenvalue weighted by Gasteiger charge is -2.56.